The van der Waals surface area contributed by atoms with E-state index in [9.17, 15) is 18.9 Å². The van der Waals surface area contributed by atoms with Crippen LogP contribution < -0.4 is 5.32 Å². The van der Waals surface area contributed by atoms with Gasteiger partial charge in [-0.25, -0.2) is 4.39 Å². The van der Waals surface area contributed by atoms with Crippen LogP contribution in [0.15, 0.2) is 12.1 Å². The lowest BCUT2D eigenvalue weighted by atomic mass is 10.1. The Morgan fingerprint density at radius 2 is 1.90 bits per heavy atom. The van der Waals surface area contributed by atoms with Crippen molar-refractivity contribution in [1.82, 2.24) is 10.2 Å². The van der Waals surface area contributed by atoms with Crippen molar-refractivity contribution in [3.63, 3.8) is 0 Å². The first-order chi connectivity index (χ1) is 9.88. The number of nitrogens with zero attached hydrogens (tertiary/aromatic N) is 2. The molecule has 7 heteroatoms. The van der Waals surface area contributed by atoms with Gasteiger partial charge in [-0.15, -0.1) is 0 Å². The average molecular weight is 301 g/mol. The van der Waals surface area contributed by atoms with E-state index in [4.69, 9.17) is 0 Å². The second-order valence-corrected chi connectivity index (χ2v) is 4.92. The van der Waals surface area contributed by atoms with E-state index < -0.39 is 22.2 Å². The highest BCUT2D eigenvalue weighted by molar-refractivity contribution is 5.37. The summed E-state index contributed by atoms with van der Waals surface area (Å²) in [5.41, 5.74) is -0.612. The van der Waals surface area contributed by atoms with E-state index >= 15 is 0 Å². The van der Waals surface area contributed by atoms with Crippen LogP contribution in [0.4, 0.5) is 14.5 Å². The molecule has 1 unspecified atom stereocenters. The summed E-state index contributed by atoms with van der Waals surface area (Å²) in [6, 6.07) is 1.60. The molecule has 0 aliphatic rings. The molecule has 1 atom stereocenters. The minimum atomic E-state index is -1.16. The van der Waals surface area contributed by atoms with Crippen LogP contribution in [0.1, 0.15) is 26.3 Å². The fraction of sp³-hybridized carbons (Fsp3) is 0.571. The van der Waals surface area contributed by atoms with Crippen molar-refractivity contribution >= 4 is 5.69 Å². The SMILES string of the molecule is CCN(CC)CC(C)NCc1cc([N+](=O)[O-])c(F)cc1F. The maximum Gasteiger partial charge on any atom is 0.305 e. The summed E-state index contributed by atoms with van der Waals surface area (Å²) < 4.78 is 26.9. The first kappa shape index (κ1) is 17.5. The largest absolute Gasteiger partial charge is 0.309 e. The molecule has 5 nitrogen and oxygen atoms in total. The Kier molecular flexibility index (Phi) is 6.64. The summed E-state index contributed by atoms with van der Waals surface area (Å²) in [5.74, 6) is -1.93. The quantitative estimate of drug-likeness (QED) is 0.592. The Bertz CT molecular complexity index is 493. The number of likely N-dealkylation sites (N-methyl/N-ethyl adjacent to an activating group) is 1. The third-order valence-electron chi connectivity index (χ3n) is 3.38. The van der Waals surface area contributed by atoms with Gasteiger partial charge in [0.1, 0.15) is 5.82 Å². The van der Waals surface area contributed by atoms with E-state index in [-0.39, 0.29) is 18.2 Å². The molecule has 1 aromatic rings. The lowest BCUT2D eigenvalue weighted by molar-refractivity contribution is -0.387. The predicted molar refractivity (Wildman–Crippen MR) is 77.1 cm³/mol. The van der Waals surface area contributed by atoms with Crippen LogP contribution in [0.2, 0.25) is 0 Å². The molecule has 1 N–H and O–H groups in total. The Morgan fingerprint density at radius 3 is 2.43 bits per heavy atom. The molecule has 0 aromatic heterocycles. The maximum absolute atomic E-state index is 13.6. The number of nitrogens with one attached hydrogen (secondary N) is 1. The first-order valence-corrected chi connectivity index (χ1v) is 6.97. The molecule has 0 saturated heterocycles. The lowest BCUT2D eigenvalue weighted by Gasteiger charge is -2.23. The zero-order valence-corrected chi connectivity index (χ0v) is 12.5. The number of hydrogen-bond donors (Lipinski definition) is 1. The van der Waals surface area contributed by atoms with Gasteiger partial charge >= 0.3 is 5.69 Å². The van der Waals surface area contributed by atoms with Gasteiger partial charge < -0.3 is 10.2 Å². The monoisotopic (exact) mass is 301 g/mol. The van der Waals surface area contributed by atoms with E-state index in [0.717, 1.165) is 25.7 Å². The van der Waals surface area contributed by atoms with Crippen LogP contribution in [0.25, 0.3) is 0 Å². The molecule has 1 rings (SSSR count). The molecule has 0 spiro atoms. The highest BCUT2D eigenvalue weighted by Gasteiger charge is 2.18. The van der Waals surface area contributed by atoms with E-state index in [1.807, 2.05) is 6.92 Å². The number of nitro groups is 1. The molecule has 0 radical (unpaired) electrons. The molecule has 0 bridgehead atoms. The van der Waals surface area contributed by atoms with Gasteiger partial charge in [-0.1, -0.05) is 13.8 Å². The molecular formula is C14H21F2N3O2. The number of benzene rings is 1. The third kappa shape index (κ3) is 5.02. The van der Waals surface area contributed by atoms with Crippen LogP contribution in [-0.2, 0) is 6.54 Å². The molecule has 0 fully saturated rings. The second-order valence-electron chi connectivity index (χ2n) is 4.92. The van der Waals surface area contributed by atoms with Crippen molar-refractivity contribution < 1.29 is 13.7 Å². The van der Waals surface area contributed by atoms with Crippen molar-refractivity contribution in [3.8, 4) is 0 Å². The molecule has 0 amide bonds. The summed E-state index contributed by atoms with van der Waals surface area (Å²) in [6.07, 6.45) is 0. The zero-order valence-electron chi connectivity index (χ0n) is 12.5. The van der Waals surface area contributed by atoms with Gasteiger partial charge in [0.15, 0.2) is 0 Å². The highest BCUT2D eigenvalue weighted by Crippen LogP contribution is 2.21. The van der Waals surface area contributed by atoms with Gasteiger partial charge in [0.25, 0.3) is 0 Å². The van der Waals surface area contributed by atoms with Crippen LogP contribution in [0.3, 0.4) is 0 Å². The summed E-state index contributed by atoms with van der Waals surface area (Å²) in [4.78, 5) is 12.0. The number of hydrogen-bond acceptors (Lipinski definition) is 4. The molecule has 21 heavy (non-hydrogen) atoms. The van der Waals surface area contributed by atoms with Gasteiger partial charge in [0.05, 0.1) is 4.92 Å². The molecule has 0 saturated carbocycles. The van der Waals surface area contributed by atoms with Crippen LogP contribution in [0.5, 0.6) is 0 Å². The lowest BCUT2D eigenvalue weighted by Crippen LogP contribution is -2.38. The molecule has 118 valence electrons. The molecular weight excluding hydrogens is 280 g/mol. The van der Waals surface area contributed by atoms with Crippen LogP contribution in [0, 0.1) is 21.7 Å². The Labute approximate surface area is 123 Å². The molecule has 0 aliphatic carbocycles. The predicted octanol–water partition coefficient (Wildman–Crippen LogP) is 2.69. The summed E-state index contributed by atoms with van der Waals surface area (Å²) in [5, 5.41) is 13.8. The van der Waals surface area contributed by atoms with Gasteiger partial charge in [-0.3, -0.25) is 10.1 Å². The fourth-order valence-electron chi connectivity index (χ4n) is 2.07. The third-order valence-corrected chi connectivity index (χ3v) is 3.38. The molecule has 0 aliphatic heterocycles. The van der Waals surface area contributed by atoms with Crippen molar-refractivity contribution in [2.24, 2.45) is 0 Å². The van der Waals surface area contributed by atoms with E-state index in [0.29, 0.717) is 6.07 Å². The van der Waals surface area contributed by atoms with Gasteiger partial charge in [0.2, 0.25) is 5.82 Å². The topological polar surface area (TPSA) is 58.4 Å². The fourth-order valence-corrected chi connectivity index (χ4v) is 2.07. The Balaban J connectivity index is 2.71. The average Bonchev–Trinajstić information content (AvgIpc) is 2.43. The normalized spacial score (nSPS) is 12.7. The van der Waals surface area contributed by atoms with E-state index in [1.54, 1.807) is 0 Å². The van der Waals surface area contributed by atoms with E-state index in [2.05, 4.69) is 24.1 Å². The van der Waals surface area contributed by atoms with Crippen molar-refractivity contribution in [3.05, 3.63) is 39.4 Å². The Morgan fingerprint density at radius 1 is 1.29 bits per heavy atom. The van der Waals surface area contributed by atoms with Gasteiger partial charge in [0, 0.05) is 36.8 Å². The standard InChI is InChI=1S/C14H21F2N3O2/c1-4-18(5-2)9-10(3)17-8-11-6-14(19(20)21)13(16)7-12(11)15/h6-7,10,17H,4-5,8-9H2,1-3H3. The van der Waals surface area contributed by atoms with Gasteiger partial charge in [-0.05, 0) is 20.0 Å². The van der Waals surface area contributed by atoms with Crippen LogP contribution >= 0.6 is 0 Å². The molecule has 1 aromatic carbocycles. The van der Waals surface area contributed by atoms with Crippen LogP contribution in [-0.4, -0.2) is 35.5 Å². The zero-order chi connectivity index (χ0) is 16.0. The smallest absolute Gasteiger partial charge is 0.305 e. The van der Waals surface area contributed by atoms with E-state index in [1.165, 1.54) is 0 Å². The number of nitro benzene ring substituents is 1. The van der Waals surface area contributed by atoms with Crippen molar-refractivity contribution in [2.75, 3.05) is 19.6 Å². The maximum atomic E-state index is 13.6. The molecule has 0 heterocycles. The second kappa shape index (κ2) is 7.99. The highest BCUT2D eigenvalue weighted by atomic mass is 19.1. The van der Waals surface area contributed by atoms with Crippen molar-refractivity contribution in [1.29, 1.82) is 0 Å². The van der Waals surface area contributed by atoms with Crippen molar-refractivity contribution in [2.45, 2.75) is 33.4 Å². The Hall–Kier alpha value is -1.60. The van der Waals surface area contributed by atoms with Gasteiger partial charge in [-0.2, -0.15) is 4.39 Å². The number of rotatable bonds is 8. The summed E-state index contributed by atoms with van der Waals surface area (Å²) in [7, 11) is 0. The first-order valence-electron chi connectivity index (χ1n) is 6.97. The minimum absolute atomic E-state index is 0.0911. The summed E-state index contributed by atoms with van der Waals surface area (Å²) in [6.45, 7) is 8.80. The minimum Gasteiger partial charge on any atom is -0.309 e. The summed E-state index contributed by atoms with van der Waals surface area (Å²) >= 11 is 0. The number of halogens is 2.